The van der Waals surface area contributed by atoms with Crippen LogP contribution in [0.25, 0.3) is 10.8 Å². The first-order chi connectivity index (χ1) is 8.43. The third-order valence-corrected chi connectivity index (χ3v) is 4.09. The maximum Gasteiger partial charge on any atom is 0.123 e. The fourth-order valence-electron chi connectivity index (χ4n) is 3.23. The molecule has 2 aromatic rings. The van der Waals surface area contributed by atoms with Gasteiger partial charge in [0.25, 0.3) is 0 Å². The van der Waals surface area contributed by atoms with Crippen molar-refractivity contribution in [1.82, 2.24) is 5.32 Å². The Bertz CT molecular complexity index is 578. The minimum absolute atomic E-state index is 0.629. The van der Waals surface area contributed by atoms with Crippen molar-refractivity contribution < 1.29 is 4.74 Å². The molecule has 86 valence electrons. The normalized spacial score (nSPS) is 26.4. The van der Waals surface area contributed by atoms with E-state index in [-0.39, 0.29) is 0 Å². The molecule has 2 nitrogen and oxygen atoms in total. The smallest absolute Gasteiger partial charge is 0.123 e. The van der Waals surface area contributed by atoms with E-state index >= 15 is 0 Å². The van der Waals surface area contributed by atoms with Gasteiger partial charge >= 0.3 is 0 Å². The minimum Gasteiger partial charge on any atom is -0.493 e. The first-order valence-electron chi connectivity index (χ1n) is 6.28. The van der Waals surface area contributed by atoms with Crippen molar-refractivity contribution in [3.8, 4) is 5.75 Å². The van der Waals surface area contributed by atoms with Gasteiger partial charge in [0.15, 0.2) is 0 Å². The molecular weight excluding hydrogens is 210 g/mol. The van der Waals surface area contributed by atoms with Gasteiger partial charge in [0, 0.05) is 30.5 Å². The summed E-state index contributed by atoms with van der Waals surface area (Å²) in [5, 5.41) is 6.18. The second-order valence-electron chi connectivity index (χ2n) is 5.03. The maximum atomic E-state index is 5.91. The zero-order chi connectivity index (χ0) is 11.2. The molecule has 2 aliphatic heterocycles. The van der Waals surface area contributed by atoms with Crippen LogP contribution in [0.3, 0.4) is 0 Å². The largest absolute Gasteiger partial charge is 0.493 e. The van der Waals surface area contributed by atoms with Gasteiger partial charge in [-0.05, 0) is 16.8 Å². The summed E-state index contributed by atoms with van der Waals surface area (Å²) in [6.45, 7) is 3.05. The summed E-state index contributed by atoms with van der Waals surface area (Å²) in [6, 6.07) is 12.9. The summed E-state index contributed by atoms with van der Waals surface area (Å²) < 4.78 is 5.91. The Balaban J connectivity index is 2.01. The van der Waals surface area contributed by atoms with E-state index in [1.807, 2.05) is 0 Å². The number of ether oxygens (including phenoxy) is 1. The van der Waals surface area contributed by atoms with E-state index in [1.54, 1.807) is 0 Å². The lowest BCUT2D eigenvalue weighted by Crippen LogP contribution is -2.24. The van der Waals surface area contributed by atoms with E-state index in [9.17, 15) is 0 Å². The Morgan fingerprint density at radius 2 is 2.00 bits per heavy atom. The number of hydrogen-bond acceptors (Lipinski definition) is 2. The van der Waals surface area contributed by atoms with E-state index in [4.69, 9.17) is 4.74 Å². The number of nitrogens with one attached hydrogen (secondary N) is 1. The van der Waals surface area contributed by atoms with Crippen LogP contribution in [0.5, 0.6) is 5.75 Å². The van der Waals surface area contributed by atoms with Crippen molar-refractivity contribution in [3.63, 3.8) is 0 Å². The van der Waals surface area contributed by atoms with Gasteiger partial charge < -0.3 is 10.1 Å². The van der Waals surface area contributed by atoms with Gasteiger partial charge in [-0.1, -0.05) is 30.3 Å². The quantitative estimate of drug-likeness (QED) is 0.744. The first-order valence-corrected chi connectivity index (χ1v) is 6.28. The van der Waals surface area contributed by atoms with Crippen LogP contribution in [0.15, 0.2) is 36.4 Å². The van der Waals surface area contributed by atoms with Crippen LogP contribution >= 0.6 is 0 Å². The molecule has 2 aromatic carbocycles. The van der Waals surface area contributed by atoms with Crippen LogP contribution in [-0.2, 0) is 0 Å². The van der Waals surface area contributed by atoms with Crippen LogP contribution in [0.4, 0.5) is 0 Å². The van der Waals surface area contributed by atoms with Crippen LogP contribution in [0.1, 0.15) is 11.5 Å². The van der Waals surface area contributed by atoms with Crippen molar-refractivity contribution in [1.29, 1.82) is 0 Å². The summed E-state index contributed by atoms with van der Waals surface area (Å²) >= 11 is 0. The minimum atomic E-state index is 0.629. The molecule has 0 radical (unpaired) electrons. The highest BCUT2D eigenvalue weighted by molar-refractivity contribution is 5.88. The molecule has 0 saturated carbocycles. The van der Waals surface area contributed by atoms with Gasteiger partial charge in [-0.25, -0.2) is 0 Å². The van der Waals surface area contributed by atoms with E-state index in [1.165, 1.54) is 16.3 Å². The number of fused-ring (bicyclic) bond motifs is 5. The van der Waals surface area contributed by atoms with Crippen LogP contribution in [0, 0.1) is 5.92 Å². The number of rotatable bonds is 0. The van der Waals surface area contributed by atoms with Crippen molar-refractivity contribution in [3.05, 3.63) is 42.0 Å². The summed E-state index contributed by atoms with van der Waals surface area (Å²) in [4.78, 5) is 0. The molecule has 17 heavy (non-hydrogen) atoms. The highest BCUT2D eigenvalue weighted by Crippen LogP contribution is 2.42. The molecule has 1 saturated heterocycles. The van der Waals surface area contributed by atoms with E-state index in [2.05, 4.69) is 41.7 Å². The monoisotopic (exact) mass is 225 g/mol. The SMILES string of the molecule is c1ccc2c3c(ccc2c1)OCC1CNCC31. The molecule has 1 N–H and O–H groups in total. The fourth-order valence-corrected chi connectivity index (χ4v) is 3.23. The topological polar surface area (TPSA) is 21.3 Å². The average molecular weight is 225 g/mol. The standard InChI is InChI=1S/C15H15NO/c1-2-4-12-10(3-1)5-6-14-15(12)13-8-16-7-11(13)9-17-14/h1-6,11,13,16H,7-9H2. The molecule has 0 amide bonds. The van der Waals surface area contributed by atoms with Crippen LogP contribution in [0.2, 0.25) is 0 Å². The van der Waals surface area contributed by atoms with Gasteiger partial charge in [-0.15, -0.1) is 0 Å². The number of benzene rings is 2. The highest BCUT2D eigenvalue weighted by Gasteiger charge is 2.35. The predicted octanol–water partition coefficient (Wildman–Crippen LogP) is 2.54. The van der Waals surface area contributed by atoms with Crippen molar-refractivity contribution in [2.24, 2.45) is 5.92 Å². The molecule has 2 unspecified atom stereocenters. The van der Waals surface area contributed by atoms with Crippen LogP contribution < -0.4 is 10.1 Å². The van der Waals surface area contributed by atoms with Crippen molar-refractivity contribution in [2.45, 2.75) is 5.92 Å². The van der Waals surface area contributed by atoms with Gasteiger partial charge in [0.2, 0.25) is 0 Å². The molecule has 4 rings (SSSR count). The third kappa shape index (κ3) is 1.31. The summed E-state index contributed by atoms with van der Waals surface area (Å²) in [5.41, 5.74) is 1.42. The maximum absolute atomic E-state index is 5.91. The Kier molecular flexibility index (Phi) is 1.94. The second kappa shape index (κ2) is 3.47. The zero-order valence-corrected chi connectivity index (χ0v) is 9.65. The molecule has 0 aromatic heterocycles. The lowest BCUT2D eigenvalue weighted by Gasteiger charge is -2.29. The molecule has 0 bridgehead atoms. The molecule has 2 heteroatoms. The molecule has 2 aliphatic rings. The molecule has 0 aliphatic carbocycles. The summed E-state index contributed by atoms with van der Waals surface area (Å²) in [7, 11) is 0. The molecule has 0 spiro atoms. The van der Waals surface area contributed by atoms with Gasteiger partial charge in [-0.3, -0.25) is 0 Å². The Labute approximate surface area is 101 Å². The fraction of sp³-hybridized carbons (Fsp3) is 0.333. The van der Waals surface area contributed by atoms with Gasteiger partial charge in [0.05, 0.1) is 6.61 Å². The predicted molar refractivity (Wildman–Crippen MR) is 68.5 cm³/mol. The highest BCUT2D eigenvalue weighted by atomic mass is 16.5. The summed E-state index contributed by atoms with van der Waals surface area (Å²) in [5.74, 6) is 2.37. The molecule has 2 heterocycles. The lowest BCUT2D eigenvalue weighted by atomic mass is 9.84. The Morgan fingerprint density at radius 3 is 3.00 bits per heavy atom. The zero-order valence-electron chi connectivity index (χ0n) is 9.65. The van der Waals surface area contributed by atoms with Gasteiger partial charge in [0.1, 0.15) is 5.75 Å². The Morgan fingerprint density at radius 1 is 1.06 bits per heavy atom. The second-order valence-corrected chi connectivity index (χ2v) is 5.03. The third-order valence-electron chi connectivity index (χ3n) is 4.09. The Hall–Kier alpha value is -1.54. The molecule has 1 fully saturated rings. The van der Waals surface area contributed by atoms with E-state index in [0.717, 1.165) is 25.4 Å². The molecule has 2 atom stereocenters. The summed E-state index contributed by atoms with van der Waals surface area (Å²) in [6.07, 6.45) is 0. The van der Waals surface area contributed by atoms with Gasteiger partial charge in [-0.2, -0.15) is 0 Å². The number of hydrogen-bond donors (Lipinski definition) is 1. The molecular formula is C15H15NO. The lowest BCUT2D eigenvalue weighted by molar-refractivity contribution is 0.221. The van der Waals surface area contributed by atoms with Crippen molar-refractivity contribution >= 4 is 10.8 Å². The van der Waals surface area contributed by atoms with Crippen molar-refractivity contribution in [2.75, 3.05) is 19.7 Å². The van der Waals surface area contributed by atoms with E-state index in [0.29, 0.717) is 11.8 Å². The first kappa shape index (κ1) is 9.49. The average Bonchev–Trinajstić information content (AvgIpc) is 2.86. The van der Waals surface area contributed by atoms with Crippen LogP contribution in [-0.4, -0.2) is 19.7 Å². The van der Waals surface area contributed by atoms with E-state index < -0.39 is 0 Å².